The van der Waals surface area contributed by atoms with Crippen LogP contribution in [0.1, 0.15) is 18.9 Å². The largest absolute Gasteiger partial charge is 0.492 e. The highest BCUT2D eigenvalue weighted by Gasteiger charge is 2.26. The van der Waals surface area contributed by atoms with Crippen molar-refractivity contribution in [1.82, 2.24) is 0 Å². The molecule has 3 rings (SSSR count). The standard InChI is InChI=1S/C16H17NO5S2/c1-3-4-6-11-12(17-24(18,19)14-7-5-8-23-14)9-13-16(15(11)20-2)22-10-21-13/h4-9,17H,3,10H2,1-2H3/b6-4+. The number of hydrogen-bond donors (Lipinski definition) is 1. The Hall–Kier alpha value is -2.19. The fourth-order valence-corrected chi connectivity index (χ4v) is 4.39. The van der Waals surface area contributed by atoms with E-state index in [1.54, 1.807) is 23.6 Å². The van der Waals surface area contributed by atoms with E-state index in [2.05, 4.69) is 4.72 Å². The highest BCUT2D eigenvalue weighted by Crippen LogP contribution is 2.47. The molecule has 1 aliphatic rings. The monoisotopic (exact) mass is 367 g/mol. The number of thiophene rings is 1. The molecule has 1 aliphatic heterocycles. The van der Waals surface area contributed by atoms with E-state index in [1.165, 1.54) is 7.11 Å². The molecular weight excluding hydrogens is 350 g/mol. The SMILES string of the molecule is CC/C=C/c1c(NS(=O)(=O)c2cccs2)cc2c(c1OC)OCO2. The molecule has 128 valence electrons. The minimum Gasteiger partial charge on any atom is -0.492 e. The van der Waals surface area contributed by atoms with E-state index in [0.29, 0.717) is 28.5 Å². The Morgan fingerprint density at radius 3 is 2.92 bits per heavy atom. The number of anilines is 1. The smallest absolute Gasteiger partial charge is 0.271 e. The lowest BCUT2D eigenvalue weighted by Crippen LogP contribution is -2.12. The van der Waals surface area contributed by atoms with Gasteiger partial charge in [0.15, 0.2) is 11.5 Å². The second kappa shape index (κ2) is 6.74. The number of hydrogen-bond acceptors (Lipinski definition) is 6. The zero-order chi connectivity index (χ0) is 17.2. The van der Waals surface area contributed by atoms with E-state index in [0.717, 1.165) is 17.8 Å². The lowest BCUT2D eigenvalue weighted by Gasteiger charge is -2.15. The van der Waals surface area contributed by atoms with Crippen molar-refractivity contribution < 1.29 is 22.6 Å². The minimum atomic E-state index is -3.68. The molecule has 0 unspecified atom stereocenters. The van der Waals surface area contributed by atoms with E-state index < -0.39 is 10.0 Å². The maximum absolute atomic E-state index is 12.6. The molecule has 0 bridgehead atoms. The van der Waals surface area contributed by atoms with Crippen molar-refractivity contribution in [2.75, 3.05) is 18.6 Å². The van der Waals surface area contributed by atoms with Crippen molar-refractivity contribution in [2.45, 2.75) is 17.6 Å². The number of allylic oxidation sites excluding steroid dienone is 1. The molecule has 1 aromatic carbocycles. The van der Waals surface area contributed by atoms with Gasteiger partial charge in [0, 0.05) is 11.6 Å². The molecule has 0 spiro atoms. The van der Waals surface area contributed by atoms with Gasteiger partial charge < -0.3 is 14.2 Å². The molecule has 0 radical (unpaired) electrons. The number of methoxy groups -OCH3 is 1. The quantitative estimate of drug-likeness (QED) is 0.842. The third kappa shape index (κ3) is 3.07. The molecule has 0 aliphatic carbocycles. The summed E-state index contributed by atoms with van der Waals surface area (Å²) >= 11 is 1.15. The van der Waals surface area contributed by atoms with Gasteiger partial charge in [-0.2, -0.15) is 0 Å². The molecule has 2 aromatic rings. The summed E-state index contributed by atoms with van der Waals surface area (Å²) in [5.41, 5.74) is 0.984. The van der Waals surface area contributed by atoms with Crippen LogP contribution in [-0.2, 0) is 10.0 Å². The van der Waals surface area contributed by atoms with Crippen LogP contribution in [0.2, 0.25) is 0 Å². The predicted octanol–water partition coefficient (Wildman–Crippen LogP) is 3.71. The molecule has 2 heterocycles. The fraction of sp³-hybridized carbons (Fsp3) is 0.250. The number of fused-ring (bicyclic) bond motifs is 1. The van der Waals surface area contributed by atoms with Crippen LogP contribution in [0.15, 0.2) is 33.9 Å². The van der Waals surface area contributed by atoms with Gasteiger partial charge in [0.2, 0.25) is 12.5 Å². The fourth-order valence-electron chi connectivity index (χ4n) is 2.33. The van der Waals surface area contributed by atoms with Crippen LogP contribution in [0.4, 0.5) is 5.69 Å². The van der Waals surface area contributed by atoms with Crippen molar-refractivity contribution >= 4 is 33.1 Å². The average molecular weight is 367 g/mol. The first-order valence-electron chi connectivity index (χ1n) is 7.30. The first-order valence-corrected chi connectivity index (χ1v) is 9.66. The van der Waals surface area contributed by atoms with Crippen molar-refractivity contribution in [2.24, 2.45) is 0 Å². The number of sulfonamides is 1. The number of rotatable bonds is 6. The van der Waals surface area contributed by atoms with Crippen LogP contribution in [0.3, 0.4) is 0 Å². The van der Waals surface area contributed by atoms with E-state index in [4.69, 9.17) is 14.2 Å². The summed E-state index contributed by atoms with van der Waals surface area (Å²) in [7, 11) is -2.17. The molecule has 24 heavy (non-hydrogen) atoms. The Kier molecular flexibility index (Phi) is 4.68. The van der Waals surface area contributed by atoms with Crippen LogP contribution < -0.4 is 18.9 Å². The molecule has 0 fully saturated rings. The highest BCUT2D eigenvalue weighted by molar-refractivity contribution is 7.94. The Labute approximate surface area is 144 Å². The molecule has 8 heteroatoms. The molecule has 1 aromatic heterocycles. The van der Waals surface area contributed by atoms with Gasteiger partial charge in [0.1, 0.15) is 4.21 Å². The first kappa shape index (κ1) is 16.7. The normalized spacial score (nSPS) is 13.4. The van der Waals surface area contributed by atoms with Gasteiger partial charge in [-0.25, -0.2) is 8.42 Å². The van der Waals surface area contributed by atoms with Crippen molar-refractivity contribution in [3.05, 3.63) is 35.2 Å². The number of nitrogens with one attached hydrogen (secondary N) is 1. The maximum Gasteiger partial charge on any atom is 0.271 e. The van der Waals surface area contributed by atoms with Gasteiger partial charge in [-0.3, -0.25) is 4.72 Å². The minimum absolute atomic E-state index is 0.0732. The first-order chi connectivity index (χ1) is 11.6. The summed E-state index contributed by atoms with van der Waals surface area (Å²) in [4.78, 5) is 0. The van der Waals surface area contributed by atoms with Gasteiger partial charge >= 0.3 is 0 Å². The van der Waals surface area contributed by atoms with E-state index in [-0.39, 0.29) is 11.0 Å². The van der Waals surface area contributed by atoms with E-state index in [9.17, 15) is 8.42 Å². The van der Waals surface area contributed by atoms with Crippen LogP contribution in [0.25, 0.3) is 6.08 Å². The van der Waals surface area contributed by atoms with Gasteiger partial charge in [0.05, 0.1) is 12.8 Å². The van der Waals surface area contributed by atoms with E-state index in [1.807, 2.05) is 19.1 Å². The van der Waals surface area contributed by atoms with Crippen molar-refractivity contribution in [3.8, 4) is 17.2 Å². The molecule has 1 N–H and O–H groups in total. The van der Waals surface area contributed by atoms with Gasteiger partial charge in [0.25, 0.3) is 10.0 Å². The second-order valence-electron chi connectivity index (χ2n) is 4.95. The van der Waals surface area contributed by atoms with Crippen molar-refractivity contribution in [3.63, 3.8) is 0 Å². The summed E-state index contributed by atoms with van der Waals surface area (Å²) in [6.07, 6.45) is 4.53. The van der Waals surface area contributed by atoms with Crippen LogP contribution in [0.5, 0.6) is 17.2 Å². The van der Waals surface area contributed by atoms with Crippen LogP contribution in [0, 0.1) is 0 Å². The molecular formula is C16H17NO5S2. The summed E-state index contributed by atoms with van der Waals surface area (Å²) in [6.45, 7) is 2.06. The van der Waals surface area contributed by atoms with Crippen LogP contribution >= 0.6 is 11.3 Å². The lowest BCUT2D eigenvalue weighted by molar-refractivity contribution is 0.171. The highest BCUT2D eigenvalue weighted by atomic mass is 32.2. The lowest BCUT2D eigenvalue weighted by atomic mass is 10.1. The summed E-state index contributed by atoms with van der Waals surface area (Å²) < 4.78 is 44.2. The third-order valence-electron chi connectivity index (χ3n) is 3.39. The molecule has 0 saturated carbocycles. The Balaban J connectivity index is 2.11. The zero-order valence-electron chi connectivity index (χ0n) is 13.2. The van der Waals surface area contributed by atoms with Crippen molar-refractivity contribution in [1.29, 1.82) is 0 Å². The Morgan fingerprint density at radius 2 is 2.25 bits per heavy atom. The van der Waals surface area contributed by atoms with E-state index >= 15 is 0 Å². The summed E-state index contributed by atoms with van der Waals surface area (Å²) in [6, 6.07) is 4.86. The molecule has 6 nitrogen and oxygen atoms in total. The molecule has 0 amide bonds. The second-order valence-corrected chi connectivity index (χ2v) is 7.81. The topological polar surface area (TPSA) is 73.9 Å². The van der Waals surface area contributed by atoms with Gasteiger partial charge in [-0.05, 0) is 17.9 Å². The predicted molar refractivity (Wildman–Crippen MR) is 93.6 cm³/mol. The maximum atomic E-state index is 12.6. The Bertz CT molecular complexity index is 857. The van der Waals surface area contributed by atoms with Crippen LogP contribution in [-0.4, -0.2) is 22.3 Å². The Morgan fingerprint density at radius 1 is 1.42 bits per heavy atom. The number of benzene rings is 1. The zero-order valence-corrected chi connectivity index (χ0v) is 14.9. The third-order valence-corrected chi connectivity index (χ3v) is 6.15. The summed E-state index contributed by atoms with van der Waals surface area (Å²) in [5.74, 6) is 1.37. The molecule has 0 atom stereocenters. The van der Waals surface area contributed by atoms with Gasteiger partial charge in [-0.1, -0.05) is 25.1 Å². The van der Waals surface area contributed by atoms with Gasteiger partial charge in [-0.15, -0.1) is 11.3 Å². The average Bonchev–Trinajstić information content (AvgIpc) is 3.23. The summed E-state index contributed by atoms with van der Waals surface area (Å²) in [5, 5.41) is 1.71. The molecule has 0 saturated heterocycles. The number of ether oxygens (including phenoxy) is 3.